The van der Waals surface area contributed by atoms with Crippen molar-refractivity contribution in [2.75, 3.05) is 0 Å². The van der Waals surface area contributed by atoms with E-state index in [-0.39, 0.29) is 32.7 Å². The van der Waals surface area contributed by atoms with E-state index in [2.05, 4.69) is 71.3 Å². The first-order valence-electron chi connectivity index (χ1n) is 6.80. The number of hydrogen-bond acceptors (Lipinski definition) is 1. The number of imidazole rings is 1. The van der Waals surface area contributed by atoms with Crippen LogP contribution >= 0.6 is 0 Å². The van der Waals surface area contributed by atoms with Gasteiger partial charge >= 0.3 is 0 Å². The summed E-state index contributed by atoms with van der Waals surface area (Å²) in [5.41, 5.74) is 5.99. The summed E-state index contributed by atoms with van der Waals surface area (Å²) in [6.07, 6.45) is 3.04. The first kappa shape index (κ1) is 16.1. The van der Waals surface area contributed by atoms with Crippen molar-refractivity contribution in [3.63, 3.8) is 0 Å². The number of aryl methyl sites for hydroxylation is 1. The first-order valence-corrected chi connectivity index (χ1v) is 6.80. The third-order valence-electron chi connectivity index (χ3n) is 3.67. The molecule has 0 bridgehead atoms. The number of rotatable bonds is 3. The van der Waals surface area contributed by atoms with Crippen LogP contribution in [0.2, 0.25) is 0 Å². The van der Waals surface area contributed by atoms with Gasteiger partial charge in [0.15, 0.2) is 0 Å². The molecule has 0 aliphatic carbocycles. The fourth-order valence-electron chi connectivity index (χ4n) is 2.26. The van der Waals surface area contributed by atoms with Crippen molar-refractivity contribution >= 4 is 0 Å². The van der Waals surface area contributed by atoms with Crippen molar-refractivity contribution in [2.45, 2.75) is 20.4 Å². The molecule has 0 amide bonds. The van der Waals surface area contributed by atoms with Crippen molar-refractivity contribution in [3.8, 4) is 11.1 Å². The summed E-state index contributed by atoms with van der Waals surface area (Å²) in [6, 6.07) is 19.1. The average molecular weight is 350 g/mol. The largest absolute Gasteiger partial charge is 0.448 e. The molecule has 1 aromatic heterocycles. The van der Waals surface area contributed by atoms with Crippen LogP contribution in [0.5, 0.6) is 0 Å². The Balaban J connectivity index is 0.00000161. The normalized spacial score (nSPS) is 10.2. The SMILES string of the molecule is Cc1n[c-]n(Cc2ccc(-c3ccccc3)cc2)c1C.[Y]. The fourth-order valence-corrected chi connectivity index (χ4v) is 2.26. The average Bonchev–Trinajstić information content (AvgIpc) is 2.81. The summed E-state index contributed by atoms with van der Waals surface area (Å²) in [5, 5.41) is 0. The maximum Gasteiger partial charge on any atom is 0.0249 e. The van der Waals surface area contributed by atoms with Gasteiger partial charge in [-0.25, -0.2) is 0 Å². The van der Waals surface area contributed by atoms with E-state index < -0.39 is 0 Å². The molecule has 0 atom stereocenters. The predicted molar refractivity (Wildman–Crippen MR) is 81.5 cm³/mol. The summed E-state index contributed by atoms with van der Waals surface area (Å²) < 4.78 is 2.06. The van der Waals surface area contributed by atoms with Gasteiger partial charge in [0.2, 0.25) is 0 Å². The maximum atomic E-state index is 4.22. The second-order valence-corrected chi connectivity index (χ2v) is 5.03. The van der Waals surface area contributed by atoms with Gasteiger partial charge in [-0.2, -0.15) is 0 Å². The molecule has 0 saturated heterocycles. The van der Waals surface area contributed by atoms with Crippen LogP contribution in [-0.2, 0) is 39.3 Å². The summed E-state index contributed by atoms with van der Waals surface area (Å²) in [5.74, 6) is 0. The molecule has 3 aromatic rings. The minimum absolute atomic E-state index is 0. The molecule has 3 heteroatoms. The second kappa shape index (κ2) is 7.15. The Bertz CT molecular complexity index is 700. The number of hydrogen-bond donors (Lipinski definition) is 0. The molecule has 0 aliphatic heterocycles. The van der Waals surface area contributed by atoms with Gasteiger partial charge in [0, 0.05) is 45.6 Å². The van der Waals surface area contributed by atoms with E-state index in [1.165, 1.54) is 22.4 Å². The Morgan fingerprint density at radius 1 is 0.905 bits per heavy atom. The maximum absolute atomic E-state index is 4.22. The smallest absolute Gasteiger partial charge is 0.0249 e. The number of aromatic nitrogens is 2. The van der Waals surface area contributed by atoms with E-state index in [1.807, 2.05) is 13.0 Å². The van der Waals surface area contributed by atoms with E-state index in [0.29, 0.717) is 0 Å². The third-order valence-corrected chi connectivity index (χ3v) is 3.67. The minimum Gasteiger partial charge on any atom is -0.448 e. The molecule has 0 saturated carbocycles. The number of nitrogens with zero attached hydrogens (tertiary/aromatic N) is 2. The van der Waals surface area contributed by atoms with Crippen LogP contribution in [0.1, 0.15) is 17.0 Å². The predicted octanol–water partition coefficient (Wildman–Crippen LogP) is 4.01. The van der Waals surface area contributed by atoms with E-state index in [1.54, 1.807) is 0 Å². The summed E-state index contributed by atoms with van der Waals surface area (Å²) >= 11 is 0. The molecule has 0 spiro atoms. The zero-order valence-electron chi connectivity index (χ0n) is 12.4. The molecule has 0 N–H and O–H groups in total. The summed E-state index contributed by atoms with van der Waals surface area (Å²) in [6.45, 7) is 4.92. The molecule has 21 heavy (non-hydrogen) atoms. The topological polar surface area (TPSA) is 17.8 Å². The van der Waals surface area contributed by atoms with Crippen molar-refractivity contribution in [3.05, 3.63) is 77.9 Å². The van der Waals surface area contributed by atoms with Crippen LogP contribution in [0.15, 0.2) is 54.6 Å². The zero-order valence-corrected chi connectivity index (χ0v) is 15.2. The second-order valence-electron chi connectivity index (χ2n) is 5.03. The molecule has 2 aromatic carbocycles. The molecule has 0 fully saturated rings. The van der Waals surface area contributed by atoms with E-state index in [0.717, 1.165) is 12.2 Å². The summed E-state index contributed by atoms with van der Waals surface area (Å²) in [4.78, 5) is 4.22. The first-order chi connectivity index (χ1) is 9.74. The van der Waals surface area contributed by atoms with Gasteiger partial charge < -0.3 is 9.55 Å². The molecule has 1 heterocycles. The quantitative estimate of drug-likeness (QED) is 0.653. The Morgan fingerprint density at radius 3 is 2.10 bits per heavy atom. The third kappa shape index (κ3) is 3.69. The Kier molecular flexibility index (Phi) is 5.49. The molecule has 2 nitrogen and oxygen atoms in total. The van der Waals surface area contributed by atoms with E-state index >= 15 is 0 Å². The van der Waals surface area contributed by atoms with Crippen LogP contribution in [0.25, 0.3) is 11.1 Å². The van der Waals surface area contributed by atoms with Crippen LogP contribution in [0, 0.1) is 20.2 Å². The van der Waals surface area contributed by atoms with Gasteiger partial charge in [-0.05, 0) is 16.7 Å². The van der Waals surface area contributed by atoms with E-state index in [4.69, 9.17) is 0 Å². The Labute approximate surface area is 151 Å². The molecule has 0 aliphatic rings. The monoisotopic (exact) mass is 350 g/mol. The Morgan fingerprint density at radius 2 is 1.52 bits per heavy atom. The van der Waals surface area contributed by atoms with Gasteiger partial charge in [-0.3, -0.25) is 0 Å². The molecule has 1 radical (unpaired) electrons. The van der Waals surface area contributed by atoms with Gasteiger partial charge in [0.1, 0.15) is 0 Å². The van der Waals surface area contributed by atoms with Crippen LogP contribution < -0.4 is 0 Å². The van der Waals surface area contributed by atoms with Gasteiger partial charge in [-0.1, -0.05) is 74.1 Å². The molecule has 0 unspecified atom stereocenters. The molecule has 103 valence electrons. The Hall–Kier alpha value is -1.25. The minimum atomic E-state index is 0. The van der Waals surface area contributed by atoms with Crippen LogP contribution in [0.3, 0.4) is 0 Å². The van der Waals surface area contributed by atoms with Crippen molar-refractivity contribution < 1.29 is 32.7 Å². The number of benzene rings is 2. The van der Waals surface area contributed by atoms with Crippen molar-refractivity contribution in [2.24, 2.45) is 0 Å². The molecular formula is C18H17N2Y-. The molecular weight excluding hydrogens is 333 g/mol. The van der Waals surface area contributed by atoms with Crippen molar-refractivity contribution in [1.82, 2.24) is 9.55 Å². The summed E-state index contributed by atoms with van der Waals surface area (Å²) in [7, 11) is 0. The van der Waals surface area contributed by atoms with Gasteiger partial charge in [0.25, 0.3) is 0 Å². The standard InChI is InChI=1S/C18H17N2.Y/c1-14-15(2)20(13-19-14)12-16-8-10-18(11-9-16)17-6-4-3-5-7-17;/h3-11H,12H2,1-2H3;/q-1;. The van der Waals surface area contributed by atoms with Crippen molar-refractivity contribution in [1.29, 1.82) is 0 Å². The van der Waals surface area contributed by atoms with Crippen LogP contribution in [-0.4, -0.2) is 9.55 Å². The van der Waals surface area contributed by atoms with Crippen LogP contribution in [0.4, 0.5) is 0 Å². The fraction of sp³-hybridized carbons (Fsp3) is 0.167. The van der Waals surface area contributed by atoms with Gasteiger partial charge in [-0.15, -0.1) is 5.69 Å². The molecule has 3 rings (SSSR count). The van der Waals surface area contributed by atoms with Gasteiger partial charge in [0.05, 0.1) is 0 Å². The van der Waals surface area contributed by atoms with E-state index in [9.17, 15) is 0 Å². The zero-order chi connectivity index (χ0) is 13.9.